The third-order valence-corrected chi connectivity index (χ3v) is 6.12. The summed E-state index contributed by atoms with van der Waals surface area (Å²) in [6.07, 6.45) is 4.86. The Morgan fingerprint density at radius 3 is 2.80 bits per heavy atom. The van der Waals surface area contributed by atoms with Crippen LogP contribution in [0.5, 0.6) is 0 Å². The maximum Gasteiger partial charge on any atom is 0.222 e. The van der Waals surface area contributed by atoms with Gasteiger partial charge in [-0.15, -0.1) is 11.3 Å². The maximum atomic E-state index is 12.5. The number of nitrogens with zero attached hydrogens (tertiary/aromatic N) is 3. The normalized spacial score (nSPS) is 12.3. The predicted molar refractivity (Wildman–Crippen MR) is 102 cm³/mol. The fourth-order valence-electron chi connectivity index (χ4n) is 2.62. The van der Waals surface area contributed by atoms with Gasteiger partial charge in [0.25, 0.3) is 0 Å². The van der Waals surface area contributed by atoms with E-state index in [9.17, 15) is 4.79 Å². The number of amides is 1. The molecule has 0 radical (unpaired) electrons. The summed E-state index contributed by atoms with van der Waals surface area (Å²) in [5.41, 5.74) is 2.27. The highest BCUT2D eigenvalue weighted by atomic mass is 32.1. The minimum atomic E-state index is -0.0802. The molecule has 3 aromatic heterocycles. The fourth-order valence-corrected chi connectivity index (χ4v) is 4.28. The zero-order valence-electron chi connectivity index (χ0n) is 14.7. The van der Waals surface area contributed by atoms with Crippen LogP contribution in [0.25, 0.3) is 0 Å². The molecule has 5 nitrogen and oxygen atoms in total. The summed E-state index contributed by atoms with van der Waals surface area (Å²) >= 11 is 3.34. The highest BCUT2D eigenvalue weighted by Gasteiger charge is 2.20. The van der Waals surface area contributed by atoms with E-state index in [4.69, 9.17) is 0 Å². The topological polar surface area (TPSA) is 59.8 Å². The molecule has 3 aromatic rings. The van der Waals surface area contributed by atoms with Crippen molar-refractivity contribution in [2.45, 2.75) is 46.2 Å². The first-order valence-electron chi connectivity index (χ1n) is 8.25. The Balaban J connectivity index is 1.68. The molecule has 3 rings (SSSR count). The average molecular weight is 375 g/mol. The van der Waals surface area contributed by atoms with E-state index in [1.165, 1.54) is 10.4 Å². The first-order chi connectivity index (χ1) is 12.0. The first-order valence-corrected chi connectivity index (χ1v) is 10.0. The zero-order valence-corrected chi connectivity index (χ0v) is 16.3. The van der Waals surface area contributed by atoms with Crippen LogP contribution in [0.15, 0.2) is 29.2 Å². The molecule has 0 spiro atoms. The smallest absolute Gasteiger partial charge is 0.222 e. The summed E-state index contributed by atoms with van der Waals surface area (Å²) < 4.78 is 1.99. The van der Waals surface area contributed by atoms with Crippen molar-refractivity contribution in [2.24, 2.45) is 0 Å². The van der Waals surface area contributed by atoms with Gasteiger partial charge in [0.05, 0.1) is 11.7 Å². The molecule has 1 atom stereocenters. The lowest BCUT2D eigenvalue weighted by molar-refractivity contribution is -0.122. The Morgan fingerprint density at radius 2 is 2.20 bits per heavy atom. The van der Waals surface area contributed by atoms with Gasteiger partial charge in [-0.1, -0.05) is 0 Å². The standard InChI is InChI=1S/C18H22N4OS2/c1-12-13(2)25-18(20-12)16(10-15-5-9-24-11-15)21-17(23)4-7-22-8-6-19-14(22)3/h5-6,8-9,11,16H,4,7,10H2,1-3H3,(H,21,23). The van der Waals surface area contributed by atoms with E-state index in [1.807, 2.05) is 24.6 Å². The van der Waals surface area contributed by atoms with E-state index >= 15 is 0 Å². The lowest BCUT2D eigenvalue weighted by Crippen LogP contribution is -2.30. The van der Waals surface area contributed by atoms with Crippen LogP contribution in [0.2, 0.25) is 0 Å². The Bertz CT molecular complexity index is 816. The van der Waals surface area contributed by atoms with Gasteiger partial charge in [0.2, 0.25) is 5.91 Å². The second-order valence-corrected chi connectivity index (χ2v) is 8.08. The molecule has 0 saturated heterocycles. The average Bonchev–Trinajstić information content (AvgIpc) is 3.29. The van der Waals surface area contributed by atoms with Gasteiger partial charge in [-0.25, -0.2) is 9.97 Å². The predicted octanol–water partition coefficient (Wildman–Crippen LogP) is 3.82. The van der Waals surface area contributed by atoms with Gasteiger partial charge in [0.15, 0.2) is 0 Å². The molecule has 132 valence electrons. The number of carbonyl (C=O) groups excluding carboxylic acids is 1. The number of imidazole rings is 1. The van der Waals surface area contributed by atoms with Crippen LogP contribution >= 0.6 is 22.7 Å². The number of hydrogen-bond donors (Lipinski definition) is 1. The molecule has 0 fully saturated rings. The zero-order chi connectivity index (χ0) is 17.8. The van der Waals surface area contributed by atoms with Crippen molar-refractivity contribution in [3.63, 3.8) is 0 Å². The van der Waals surface area contributed by atoms with E-state index in [0.717, 1.165) is 22.9 Å². The summed E-state index contributed by atoms with van der Waals surface area (Å²) in [4.78, 5) is 22.5. The monoisotopic (exact) mass is 374 g/mol. The Labute approximate surface area is 155 Å². The van der Waals surface area contributed by atoms with Crippen molar-refractivity contribution in [1.29, 1.82) is 0 Å². The van der Waals surface area contributed by atoms with Crippen LogP contribution in [0.3, 0.4) is 0 Å². The molecule has 7 heteroatoms. The molecule has 0 aliphatic heterocycles. The highest BCUT2D eigenvalue weighted by Crippen LogP contribution is 2.26. The van der Waals surface area contributed by atoms with Crippen LogP contribution in [-0.2, 0) is 17.8 Å². The van der Waals surface area contributed by atoms with Crippen LogP contribution in [0, 0.1) is 20.8 Å². The fraction of sp³-hybridized carbons (Fsp3) is 0.389. The van der Waals surface area contributed by atoms with Gasteiger partial charge in [0.1, 0.15) is 10.8 Å². The number of carbonyl (C=O) groups is 1. The summed E-state index contributed by atoms with van der Waals surface area (Å²) in [5, 5.41) is 8.34. The van der Waals surface area contributed by atoms with Crippen molar-refractivity contribution < 1.29 is 4.79 Å². The van der Waals surface area contributed by atoms with Gasteiger partial charge < -0.3 is 9.88 Å². The molecular weight excluding hydrogens is 352 g/mol. The quantitative estimate of drug-likeness (QED) is 0.684. The van der Waals surface area contributed by atoms with Crippen molar-refractivity contribution in [2.75, 3.05) is 0 Å². The van der Waals surface area contributed by atoms with Gasteiger partial charge >= 0.3 is 0 Å². The van der Waals surface area contributed by atoms with Crippen molar-refractivity contribution in [3.05, 3.63) is 56.2 Å². The first kappa shape index (κ1) is 17.8. The van der Waals surface area contributed by atoms with E-state index < -0.39 is 0 Å². The molecule has 0 aromatic carbocycles. The van der Waals surface area contributed by atoms with Crippen molar-refractivity contribution in [1.82, 2.24) is 19.9 Å². The minimum absolute atomic E-state index is 0.0406. The maximum absolute atomic E-state index is 12.5. The molecule has 0 aliphatic carbocycles. The van der Waals surface area contributed by atoms with Gasteiger partial charge in [-0.05, 0) is 43.2 Å². The van der Waals surface area contributed by atoms with E-state index in [2.05, 4.69) is 39.0 Å². The second kappa shape index (κ2) is 7.93. The number of thiazole rings is 1. The van der Waals surface area contributed by atoms with E-state index in [0.29, 0.717) is 13.0 Å². The third kappa shape index (κ3) is 4.55. The molecule has 25 heavy (non-hydrogen) atoms. The lowest BCUT2D eigenvalue weighted by atomic mass is 10.1. The van der Waals surface area contributed by atoms with Gasteiger partial charge in [-0.2, -0.15) is 11.3 Å². The largest absolute Gasteiger partial charge is 0.346 e. The van der Waals surface area contributed by atoms with Crippen LogP contribution in [0.1, 0.15) is 39.4 Å². The van der Waals surface area contributed by atoms with Crippen molar-refractivity contribution >= 4 is 28.6 Å². The molecule has 0 saturated carbocycles. The Kier molecular flexibility index (Phi) is 5.65. The second-order valence-electron chi connectivity index (χ2n) is 6.07. The van der Waals surface area contributed by atoms with Crippen LogP contribution in [0.4, 0.5) is 0 Å². The number of nitrogens with one attached hydrogen (secondary N) is 1. The molecule has 1 unspecified atom stereocenters. The van der Waals surface area contributed by atoms with Crippen LogP contribution in [-0.4, -0.2) is 20.4 Å². The van der Waals surface area contributed by atoms with Crippen LogP contribution < -0.4 is 5.32 Å². The number of thiophene rings is 1. The molecule has 1 amide bonds. The number of rotatable bonds is 7. The lowest BCUT2D eigenvalue weighted by Gasteiger charge is -2.16. The molecule has 0 aliphatic rings. The van der Waals surface area contributed by atoms with Gasteiger partial charge in [0, 0.05) is 36.7 Å². The molecular formula is C18H22N4OS2. The number of aromatic nitrogens is 3. The number of aryl methyl sites for hydroxylation is 4. The van der Waals surface area contributed by atoms with E-state index in [1.54, 1.807) is 28.9 Å². The Hall–Kier alpha value is -1.99. The van der Waals surface area contributed by atoms with Gasteiger partial charge in [-0.3, -0.25) is 4.79 Å². The molecule has 0 bridgehead atoms. The summed E-state index contributed by atoms with van der Waals surface area (Å²) in [7, 11) is 0. The van der Waals surface area contributed by atoms with Crippen molar-refractivity contribution in [3.8, 4) is 0 Å². The SMILES string of the molecule is Cc1nc(C(Cc2ccsc2)NC(=O)CCn2ccnc2C)sc1C. The minimum Gasteiger partial charge on any atom is -0.346 e. The highest BCUT2D eigenvalue weighted by molar-refractivity contribution is 7.11. The molecule has 3 heterocycles. The Morgan fingerprint density at radius 1 is 1.36 bits per heavy atom. The number of hydrogen-bond acceptors (Lipinski definition) is 5. The molecule has 1 N–H and O–H groups in total. The summed E-state index contributed by atoms with van der Waals surface area (Å²) in [5.74, 6) is 0.965. The summed E-state index contributed by atoms with van der Waals surface area (Å²) in [6.45, 7) is 6.67. The summed E-state index contributed by atoms with van der Waals surface area (Å²) in [6, 6.07) is 2.02. The van der Waals surface area contributed by atoms with E-state index in [-0.39, 0.29) is 11.9 Å². The third-order valence-electron chi connectivity index (χ3n) is 4.20.